The Balaban J connectivity index is 1.84. The Morgan fingerprint density at radius 3 is 2.32 bits per heavy atom. The van der Waals surface area contributed by atoms with Crippen molar-refractivity contribution in [2.45, 2.75) is 16.7 Å². The molecule has 194 valence electrons. The fraction of sp³-hybridized carbons (Fsp3) is 0.200. The number of aliphatic hydroxyl groups is 1. The molecule has 1 amide bonds. The Labute approximate surface area is 210 Å². The first-order valence-electron chi connectivity index (χ1n) is 10.8. The summed E-state index contributed by atoms with van der Waals surface area (Å²) in [5.41, 5.74) is -3.61. The number of benzene rings is 3. The summed E-state index contributed by atoms with van der Waals surface area (Å²) in [6, 6.07) is 14.8. The maximum Gasteiger partial charge on any atom is 0.428 e. The van der Waals surface area contributed by atoms with E-state index < -0.39 is 38.9 Å². The first-order valence-corrected chi connectivity index (χ1v) is 12.7. The van der Waals surface area contributed by atoms with Crippen LogP contribution in [0.25, 0.3) is 11.0 Å². The lowest BCUT2D eigenvalue weighted by atomic mass is 9.92. The van der Waals surface area contributed by atoms with Crippen molar-refractivity contribution in [2.75, 3.05) is 18.7 Å². The highest BCUT2D eigenvalue weighted by atomic mass is 32.2. The van der Waals surface area contributed by atoms with Crippen LogP contribution in [0.5, 0.6) is 5.75 Å². The number of hydrogen-bond donors (Lipinski definition) is 2. The second-order valence-electron chi connectivity index (χ2n) is 8.34. The van der Waals surface area contributed by atoms with Gasteiger partial charge in [-0.1, -0.05) is 36.4 Å². The van der Waals surface area contributed by atoms with E-state index in [2.05, 4.69) is 10.3 Å². The molecule has 1 aromatic heterocycles. The van der Waals surface area contributed by atoms with Gasteiger partial charge in [0.25, 0.3) is 5.91 Å². The number of halogens is 3. The first kappa shape index (κ1) is 26.2. The van der Waals surface area contributed by atoms with Crippen molar-refractivity contribution in [1.29, 1.82) is 0 Å². The second-order valence-corrected chi connectivity index (χ2v) is 10.4. The number of imidazole rings is 1. The molecule has 3 aromatic carbocycles. The summed E-state index contributed by atoms with van der Waals surface area (Å²) in [6.45, 7) is 0. The molecule has 8 nitrogen and oxygen atoms in total. The Kier molecular flexibility index (Phi) is 6.51. The van der Waals surface area contributed by atoms with Gasteiger partial charge >= 0.3 is 6.18 Å². The predicted molar refractivity (Wildman–Crippen MR) is 130 cm³/mol. The lowest BCUT2D eigenvalue weighted by molar-refractivity contribution is -0.251. The number of carbonyl (C=O) groups excluding carboxylic acids is 1. The van der Waals surface area contributed by atoms with Gasteiger partial charge in [-0.05, 0) is 30.3 Å². The number of rotatable bonds is 6. The number of carbonyl (C=O) groups is 1. The van der Waals surface area contributed by atoms with Crippen molar-refractivity contribution < 1.29 is 36.2 Å². The van der Waals surface area contributed by atoms with Gasteiger partial charge < -0.3 is 19.7 Å². The molecule has 1 atom stereocenters. The zero-order valence-corrected chi connectivity index (χ0v) is 20.7. The zero-order chi connectivity index (χ0) is 27.2. The van der Waals surface area contributed by atoms with Gasteiger partial charge in [0.2, 0.25) is 5.60 Å². The quantitative estimate of drug-likeness (QED) is 0.387. The summed E-state index contributed by atoms with van der Waals surface area (Å²) in [5, 5.41) is 13.6. The average molecular weight is 534 g/mol. The van der Waals surface area contributed by atoms with Gasteiger partial charge in [-0.15, -0.1) is 0 Å². The zero-order valence-electron chi connectivity index (χ0n) is 19.9. The van der Waals surface area contributed by atoms with E-state index in [0.29, 0.717) is 0 Å². The molecule has 1 heterocycles. The maximum atomic E-state index is 14.3. The van der Waals surface area contributed by atoms with E-state index in [1.54, 1.807) is 0 Å². The molecular formula is C25H22F3N3O5S. The summed E-state index contributed by atoms with van der Waals surface area (Å²) in [7, 11) is -0.995. The average Bonchev–Trinajstić information content (AvgIpc) is 3.19. The van der Waals surface area contributed by atoms with E-state index in [1.807, 2.05) is 0 Å². The van der Waals surface area contributed by atoms with Gasteiger partial charge in [0.1, 0.15) is 5.52 Å². The summed E-state index contributed by atoms with van der Waals surface area (Å²) in [5.74, 6) is -1.48. The molecule has 0 saturated heterocycles. The third kappa shape index (κ3) is 4.53. The van der Waals surface area contributed by atoms with Crippen molar-refractivity contribution in [1.82, 2.24) is 9.55 Å². The number of alkyl halides is 3. The van der Waals surface area contributed by atoms with Crippen LogP contribution in [0.3, 0.4) is 0 Å². The highest BCUT2D eigenvalue weighted by molar-refractivity contribution is 7.90. The summed E-state index contributed by atoms with van der Waals surface area (Å²) < 4.78 is 73.0. The lowest BCUT2D eigenvalue weighted by Crippen LogP contribution is -2.45. The Hall–Kier alpha value is -3.90. The number of fused-ring (bicyclic) bond motifs is 1. The van der Waals surface area contributed by atoms with Crippen molar-refractivity contribution in [3.63, 3.8) is 0 Å². The molecule has 0 aliphatic carbocycles. The number of aryl methyl sites for hydroxylation is 1. The molecule has 0 bridgehead atoms. The highest BCUT2D eigenvalue weighted by Gasteiger charge is 2.59. The van der Waals surface area contributed by atoms with Gasteiger partial charge in [-0.3, -0.25) is 4.79 Å². The Morgan fingerprint density at radius 2 is 1.73 bits per heavy atom. The van der Waals surface area contributed by atoms with Gasteiger partial charge in [-0.25, -0.2) is 13.4 Å². The van der Waals surface area contributed by atoms with Crippen LogP contribution in [-0.2, 0) is 22.5 Å². The third-order valence-corrected chi connectivity index (χ3v) is 6.99. The number of hydrogen-bond acceptors (Lipinski definition) is 6. The smallest absolute Gasteiger partial charge is 0.428 e. The van der Waals surface area contributed by atoms with E-state index in [1.165, 1.54) is 68.8 Å². The minimum absolute atomic E-state index is 0.00339. The number of methoxy groups -OCH3 is 1. The van der Waals surface area contributed by atoms with Crippen LogP contribution >= 0.6 is 0 Å². The van der Waals surface area contributed by atoms with Crippen molar-refractivity contribution in [3.8, 4) is 5.75 Å². The molecule has 0 spiro atoms. The summed E-state index contributed by atoms with van der Waals surface area (Å²) in [4.78, 5) is 17.2. The normalized spacial score (nSPS) is 13.8. The maximum absolute atomic E-state index is 14.3. The van der Waals surface area contributed by atoms with Crippen LogP contribution in [-0.4, -0.2) is 48.5 Å². The van der Waals surface area contributed by atoms with E-state index in [0.717, 1.165) is 23.0 Å². The van der Waals surface area contributed by atoms with Crippen molar-refractivity contribution in [3.05, 3.63) is 83.7 Å². The predicted octanol–water partition coefficient (Wildman–Crippen LogP) is 4.04. The van der Waals surface area contributed by atoms with Crippen LogP contribution in [0.4, 0.5) is 18.9 Å². The fourth-order valence-corrected chi connectivity index (χ4v) is 4.75. The van der Waals surface area contributed by atoms with E-state index in [-0.39, 0.29) is 32.9 Å². The summed E-state index contributed by atoms with van der Waals surface area (Å²) in [6.07, 6.45) is -4.09. The first-order chi connectivity index (χ1) is 17.3. The van der Waals surface area contributed by atoms with E-state index in [4.69, 9.17) is 4.74 Å². The molecule has 37 heavy (non-hydrogen) atoms. The minimum atomic E-state index is -5.12. The largest absolute Gasteiger partial charge is 0.494 e. The number of aromatic nitrogens is 2. The minimum Gasteiger partial charge on any atom is -0.494 e. The van der Waals surface area contributed by atoms with Crippen LogP contribution in [0, 0.1) is 0 Å². The lowest BCUT2D eigenvalue weighted by Gasteiger charge is -2.30. The number of nitrogens with zero attached hydrogens (tertiary/aromatic N) is 2. The molecular weight excluding hydrogens is 511 g/mol. The number of sulfone groups is 1. The van der Waals surface area contributed by atoms with Gasteiger partial charge in [0, 0.05) is 24.6 Å². The molecule has 0 aliphatic heterocycles. The molecule has 0 saturated carbocycles. The molecule has 12 heteroatoms. The van der Waals surface area contributed by atoms with Crippen molar-refractivity contribution in [2.24, 2.45) is 7.05 Å². The van der Waals surface area contributed by atoms with Crippen LogP contribution < -0.4 is 10.1 Å². The number of amides is 1. The molecule has 4 rings (SSSR count). The molecule has 0 aliphatic rings. The number of ether oxygens (including phenoxy) is 1. The van der Waals surface area contributed by atoms with Crippen LogP contribution in [0.2, 0.25) is 0 Å². The van der Waals surface area contributed by atoms with E-state index in [9.17, 15) is 31.5 Å². The monoisotopic (exact) mass is 533 g/mol. The third-order valence-electron chi connectivity index (χ3n) is 5.88. The Morgan fingerprint density at radius 1 is 1.05 bits per heavy atom. The molecule has 0 radical (unpaired) electrons. The van der Waals surface area contributed by atoms with E-state index >= 15 is 0 Å². The number of nitrogens with one attached hydrogen (secondary N) is 1. The topological polar surface area (TPSA) is 111 Å². The van der Waals surface area contributed by atoms with Gasteiger partial charge in [0.05, 0.1) is 23.1 Å². The van der Waals surface area contributed by atoms with Gasteiger partial charge in [-0.2, -0.15) is 13.2 Å². The second kappa shape index (κ2) is 9.20. The standard InChI is InChI=1S/C25H22F3N3O5S/c1-31-20-19(30-23(31)24(33,25(26,27)28)15-8-5-4-6-9-15)13-12-18(21(20)36-2)22(32)29-16-10-7-11-17(14-16)37(3,34)35/h4-14,33H,1-3H3,(H,29,32). The van der Waals surface area contributed by atoms with Crippen LogP contribution in [0.15, 0.2) is 71.6 Å². The molecule has 4 aromatic rings. The molecule has 0 fully saturated rings. The van der Waals surface area contributed by atoms with Crippen LogP contribution in [0.1, 0.15) is 21.7 Å². The molecule has 2 N–H and O–H groups in total. The SMILES string of the molecule is COc1c(C(=O)Nc2cccc(S(C)(=O)=O)c2)ccc2nc(C(O)(c3ccccc3)C(F)(F)F)n(C)c12. The Bertz CT molecular complexity index is 1600. The van der Waals surface area contributed by atoms with Crippen molar-refractivity contribution >= 4 is 32.5 Å². The molecule has 1 unspecified atom stereocenters. The highest BCUT2D eigenvalue weighted by Crippen LogP contribution is 2.45. The summed E-state index contributed by atoms with van der Waals surface area (Å²) >= 11 is 0. The van der Waals surface area contributed by atoms with Gasteiger partial charge in [0.15, 0.2) is 21.4 Å². The fourth-order valence-electron chi connectivity index (χ4n) is 4.08. The number of anilines is 1.